The third-order valence-corrected chi connectivity index (χ3v) is 11.8. The van der Waals surface area contributed by atoms with Crippen LogP contribution < -0.4 is 139 Å². The quantitative estimate of drug-likeness (QED) is 0.0424. The molecule has 24 nitrogen and oxygen atoms in total. The SMILES string of the molecule is O=S(=O)([O-])c1ccc([O-])c(N=Nc2ccc(N=Nc3ccc(/C=C/c4ccc(N=Nc5ccc(N=Nc6cc(S(=O)(=O)[O-])ccc6[O-])c([O-])c5)cc4S(=O)(=O)[O-])c(S(=O)(=O)[O-])c3)cc2[O-])c1.[Cu+2].[Cu+2].[H-].[Na+].[Na+].[Na+].[Na+]. The number of azo groups is 4. The molecule has 2 radical (unpaired) electrons. The van der Waals surface area contributed by atoms with Gasteiger partial charge in [-0.3, -0.25) is 0 Å². The maximum Gasteiger partial charge on any atom is 2.00 e. The smallest absolute Gasteiger partial charge is 1.00 e. The molecule has 6 rings (SSSR count). The first-order valence-electron chi connectivity index (χ1n) is 17.6. The van der Waals surface area contributed by atoms with E-state index in [-0.39, 0.29) is 199 Å². The molecule has 34 heteroatoms. The molecule has 0 saturated heterocycles. The third-order valence-electron chi connectivity index (χ3n) is 8.39. The summed E-state index contributed by atoms with van der Waals surface area (Å²) in [4.78, 5) is -3.17. The van der Waals surface area contributed by atoms with Crippen LogP contribution in [0, 0.1) is 0 Å². The number of benzene rings is 6. The Morgan fingerprint density at radius 1 is 0.333 bits per heavy atom. The van der Waals surface area contributed by atoms with E-state index in [1.54, 1.807) is 0 Å². The zero-order valence-corrected chi connectivity index (χ0v) is 50.0. The van der Waals surface area contributed by atoms with Crippen LogP contribution in [0.3, 0.4) is 0 Å². The minimum atomic E-state index is -5.24. The number of hydrogen-bond donors (Lipinski definition) is 0. The summed E-state index contributed by atoms with van der Waals surface area (Å²) < 4.78 is 141. The number of nitrogens with zero attached hydrogens (tertiary/aromatic N) is 8. The molecule has 0 N–H and O–H groups in total. The molecule has 0 aliphatic rings. The second kappa shape index (κ2) is 29.0. The molecule has 0 aromatic heterocycles. The van der Waals surface area contributed by atoms with Gasteiger partial charge in [0.2, 0.25) is 0 Å². The van der Waals surface area contributed by atoms with Crippen LogP contribution >= 0.6 is 0 Å². The Morgan fingerprint density at radius 3 is 0.917 bits per heavy atom. The van der Waals surface area contributed by atoms with Crippen LogP contribution in [0.25, 0.3) is 12.2 Å². The van der Waals surface area contributed by atoms with Crippen molar-refractivity contribution in [3.8, 4) is 23.0 Å². The molecule has 0 heterocycles. The van der Waals surface area contributed by atoms with Crippen molar-refractivity contribution in [2.45, 2.75) is 19.6 Å². The van der Waals surface area contributed by atoms with Gasteiger partial charge < -0.3 is 40.1 Å². The second-order valence-electron chi connectivity index (χ2n) is 13.0. The van der Waals surface area contributed by atoms with Crippen molar-refractivity contribution in [3.63, 3.8) is 0 Å². The first kappa shape index (κ1) is 69.3. The minimum Gasteiger partial charge on any atom is -1.00 e. The van der Waals surface area contributed by atoms with Crippen molar-refractivity contribution in [3.05, 3.63) is 120 Å². The topological polar surface area (TPSA) is 420 Å². The molecule has 0 fully saturated rings. The van der Waals surface area contributed by atoms with Gasteiger partial charge in [-0.05, 0) is 96.1 Å². The van der Waals surface area contributed by atoms with E-state index in [1.165, 1.54) is 24.3 Å². The third kappa shape index (κ3) is 19.2. The number of rotatable bonds is 14. The van der Waals surface area contributed by atoms with Crippen molar-refractivity contribution < 1.29 is 226 Å². The summed E-state index contributed by atoms with van der Waals surface area (Å²) in [6, 6.07) is 17.3. The molecule has 0 saturated carbocycles. The molecule has 0 spiro atoms. The fraction of sp³-hybridized carbons (Fsp3) is 0. The van der Waals surface area contributed by atoms with Crippen LogP contribution in [0.4, 0.5) is 45.5 Å². The second-order valence-corrected chi connectivity index (χ2v) is 18.4. The molecule has 0 aliphatic carbocycles. The molecule has 6 aromatic rings. The molecule has 0 amide bonds. The standard InChI is InChI=1S/C38H28N8O16S4.2Cu.4Na.H/c47-33-13-9-27(63(51,52)53)19-31(33)45-43-29-11-7-23(15-35(29)49)39-41-25-5-3-21(37(17-25)65(57,58)59)1-2-22-4-6-26(18-38(22)66(60,61)62)42-40-24-8-12-30(36(50)16-24)44-46-32-20-28(64(54,55)56)10-14-34(32)48;;;;;;;/h1-20,47-50H,(H,51,52,53)(H,54,55,56)(H,57,58,59)(H,60,61,62);;;;;;;/q;2*+2;4*+1;-1/p-8/b2-1+,41-39?,42-40?,45-43?,46-44?;;;;;;;. The first-order chi connectivity index (χ1) is 30.8. The van der Waals surface area contributed by atoms with E-state index >= 15 is 0 Å². The van der Waals surface area contributed by atoms with Crippen LogP contribution in [0.2, 0.25) is 0 Å². The van der Waals surface area contributed by atoms with Gasteiger partial charge in [-0.25, -0.2) is 33.7 Å². The van der Waals surface area contributed by atoms with E-state index in [9.17, 15) is 72.3 Å². The summed E-state index contributed by atoms with van der Waals surface area (Å²) in [6.07, 6.45) is 2.04. The van der Waals surface area contributed by atoms with Gasteiger partial charge >= 0.3 is 152 Å². The van der Waals surface area contributed by atoms with E-state index in [0.717, 1.165) is 84.9 Å². The monoisotopic (exact) mass is 1190 g/mol. The molecular formula is C38H21Cu2N8Na4O16S4-. The van der Waals surface area contributed by atoms with Crippen LogP contribution in [-0.4, -0.2) is 51.9 Å². The Morgan fingerprint density at radius 2 is 0.625 bits per heavy atom. The Hall–Kier alpha value is -2.66. The maximum absolute atomic E-state index is 12.6. The Kier molecular flexibility index (Phi) is 27.9. The van der Waals surface area contributed by atoms with Crippen molar-refractivity contribution in [1.29, 1.82) is 0 Å². The fourth-order valence-corrected chi connectivity index (χ4v) is 7.62. The molecule has 72 heavy (non-hydrogen) atoms. The molecule has 0 bridgehead atoms. The molecule has 6 aromatic carbocycles. The van der Waals surface area contributed by atoms with Crippen LogP contribution in [0.5, 0.6) is 23.0 Å². The van der Waals surface area contributed by atoms with Crippen molar-refractivity contribution in [1.82, 2.24) is 0 Å². The van der Waals surface area contributed by atoms with Crippen molar-refractivity contribution in [2.24, 2.45) is 40.9 Å². The summed E-state index contributed by atoms with van der Waals surface area (Å²) in [6.45, 7) is 0. The predicted molar refractivity (Wildman–Crippen MR) is 215 cm³/mol. The molecule has 0 unspecified atom stereocenters. The van der Waals surface area contributed by atoms with Gasteiger partial charge in [-0.1, -0.05) is 59.4 Å². The fourth-order valence-electron chi connectivity index (χ4n) is 5.26. The van der Waals surface area contributed by atoms with Crippen LogP contribution in [0.1, 0.15) is 12.6 Å². The van der Waals surface area contributed by atoms with Gasteiger partial charge in [0.25, 0.3) is 0 Å². The van der Waals surface area contributed by atoms with Gasteiger partial charge in [0.15, 0.2) is 0 Å². The van der Waals surface area contributed by atoms with E-state index in [1.807, 2.05) is 0 Å². The molecule has 0 atom stereocenters. The van der Waals surface area contributed by atoms with E-state index in [2.05, 4.69) is 40.9 Å². The number of hydrogen-bond acceptors (Lipinski definition) is 24. The van der Waals surface area contributed by atoms with Gasteiger partial charge in [-0.15, -0.1) is 0 Å². The van der Waals surface area contributed by atoms with E-state index < -0.39 is 94.4 Å². The van der Waals surface area contributed by atoms with Crippen LogP contribution in [-0.2, 0) is 74.6 Å². The van der Waals surface area contributed by atoms with Gasteiger partial charge in [0, 0.05) is 0 Å². The predicted octanol–water partition coefficient (Wildman–Crippen LogP) is -6.45. The van der Waals surface area contributed by atoms with Crippen molar-refractivity contribution in [2.75, 3.05) is 0 Å². The van der Waals surface area contributed by atoms with Gasteiger partial charge in [-0.2, -0.15) is 40.9 Å². The zero-order valence-electron chi connectivity index (χ0n) is 37.9. The van der Waals surface area contributed by atoms with E-state index in [0.29, 0.717) is 12.1 Å². The Balaban J connectivity index is 0. The summed E-state index contributed by atoms with van der Waals surface area (Å²) in [7, 11) is -20.3. The van der Waals surface area contributed by atoms with Crippen molar-refractivity contribution >= 4 is 98.1 Å². The largest absolute Gasteiger partial charge is 2.00 e. The summed E-state index contributed by atoms with van der Waals surface area (Å²) in [5, 5.41) is 78.8. The molecule has 0 aliphatic heterocycles. The zero-order chi connectivity index (χ0) is 48.2. The van der Waals surface area contributed by atoms with E-state index in [4.69, 9.17) is 0 Å². The molecular weight excluding hydrogens is 1170 g/mol. The minimum absolute atomic E-state index is 0. The molecule has 360 valence electrons. The Bertz CT molecular complexity index is 3360. The van der Waals surface area contributed by atoms with Gasteiger partial charge in [0.05, 0.1) is 65.1 Å². The Labute approximate surface area is 521 Å². The normalized spacial score (nSPS) is 11.9. The average Bonchev–Trinajstić information content (AvgIpc) is 3.23. The summed E-state index contributed by atoms with van der Waals surface area (Å²) in [5.41, 5.74) is -2.86. The van der Waals surface area contributed by atoms with Gasteiger partial charge in [0.1, 0.15) is 40.5 Å². The summed E-state index contributed by atoms with van der Waals surface area (Å²) in [5.74, 6) is -3.17. The summed E-state index contributed by atoms with van der Waals surface area (Å²) >= 11 is 0. The van der Waals surface area contributed by atoms with Crippen LogP contribution in [0.15, 0.2) is 170 Å². The average molecular weight is 1190 g/mol. The maximum atomic E-state index is 12.6. The first-order valence-corrected chi connectivity index (χ1v) is 23.2.